The minimum Gasteiger partial charge on any atom is -0.465 e. The zero-order valence-corrected chi connectivity index (χ0v) is 9.70. The number of ether oxygens (including phenoxy) is 1. The Labute approximate surface area is 95.7 Å². The summed E-state index contributed by atoms with van der Waals surface area (Å²) < 4.78 is 4.72. The Bertz CT molecular complexity index is 256. The molecule has 0 spiro atoms. The molecule has 0 aromatic carbocycles. The molecule has 2 atom stereocenters. The average Bonchev–Trinajstić information content (AvgIpc) is 2.27. The summed E-state index contributed by atoms with van der Waals surface area (Å²) in [6.45, 7) is 2.00. The molecule has 0 bridgehead atoms. The summed E-state index contributed by atoms with van der Waals surface area (Å²) in [5.74, 6) is -0.677. The van der Waals surface area contributed by atoms with Crippen molar-refractivity contribution in [3.05, 3.63) is 0 Å². The average molecular weight is 228 g/mol. The number of nitrogens with one attached hydrogen (secondary N) is 1. The molecule has 1 aliphatic carbocycles. The Hall–Kier alpha value is -1.10. The maximum Gasteiger partial charge on any atom is 0.325 e. The van der Waals surface area contributed by atoms with E-state index in [1.807, 2.05) is 0 Å². The van der Waals surface area contributed by atoms with Gasteiger partial charge in [-0.05, 0) is 19.8 Å². The van der Waals surface area contributed by atoms with Crippen LogP contribution in [0.5, 0.6) is 0 Å². The van der Waals surface area contributed by atoms with Gasteiger partial charge in [-0.1, -0.05) is 12.8 Å². The first kappa shape index (κ1) is 13.0. The first-order valence-electron chi connectivity index (χ1n) is 5.84. The molecule has 0 saturated heterocycles. The minimum atomic E-state index is -0.403. The summed E-state index contributed by atoms with van der Waals surface area (Å²) in [5, 5.41) is 2.57. The second-order valence-electron chi connectivity index (χ2n) is 4.08. The zero-order valence-electron chi connectivity index (χ0n) is 9.70. The van der Waals surface area contributed by atoms with E-state index in [0.717, 1.165) is 25.7 Å². The van der Waals surface area contributed by atoms with E-state index < -0.39 is 5.97 Å². The predicted molar refractivity (Wildman–Crippen MR) is 59.6 cm³/mol. The van der Waals surface area contributed by atoms with E-state index in [9.17, 15) is 9.59 Å². The van der Waals surface area contributed by atoms with Gasteiger partial charge < -0.3 is 15.8 Å². The van der Waals surface area contributed by atoms with E-state index in [-0.39, 0.29) is 24.4 Å². The van der Waals surface area contributed by atoms with Crippen LogP contribution in [0.1, 0.15) is 32.6 Å². The van der Waals surface area contributed by atoms with Crippen LogP contribution >= 0.6 is 0 Å². The van der Waals surface area contributed by atoms with Crippen LogP contribution in [0, 0.1) is 5.92 Å². The third-order valence-corrected chi connectivity index (χ3v) is 2.87. The quantitative estimate of drug-likeness (QED) is 0.673. The van der Waals surface area contributed by atoms with Gasteiger partial charge in [-0.25, -0.2) is 0 Å². The number of rotatable bonds is 4. The van der Waals surface area contributed by atoms with Crippen molar-refractivity contribution in [3.8, 4) is 0 Å². The first-order valence-corrected chi connectivity index (χ1v) is 5.84. The van der Waals surface area contributed by atoms with Gasteiger partial charge >= 0.3 is 5.97 Å². The lowest BCUT2D eigenvalue weighted by Crippen LogP contribution is -2.45. The topological polar surface area (TPSA) is 81.4 Å². The Morgan fingerprint density at radius 2 is 2.06 bits per heavy atom. The van der Waals surface area contributed by atoms with Crippen molar-refractivity contribution in [1.29, 1.82) is 0 Å². The molecular weight excluding hydrogens is 208 g/mol. The van der Waals surface area contributed by atoms with E-state index >= 15 is 0 Å². The largest absolute Gasteiger partial charge is 0.465 e. The second kappa shape index (κ2) is 6.48. The van der Waals surface area contributed by atoms with Gasteiger partial charge in [0.2, 0.25) is 5.91 Å². The highest BCUT2D eigenvalue weighted by Gasteiger charge is 2.28. The lowest BCUT2D eigenvalue weighted by Gasteiger charge is -2.27. The monoisotopic (exact) mass is 228 g/mol. The van der Waals surface area contributed by atoms with Crippen LogP contribution in [-0.4, -0.2) is 31.1 Å². The summed E-state index contributed by atoms with van der Waals surface area (Å²) in [6.07, 6.45) is 3.82. The molecule has 1 rings (SSSR count). The lowest BCUT2D eigenvalue weighted by molar-refractivity contribution is -0.144. The minimum absolute atomic E-state index is 0.0596. The Morgan fingerprint density at radius 1 is 1.38 bits per heavy atom. The van der Waals surface area contributed by atoms with Crippen molar-refractivity contribution in [2.75, 3.05) is 13.2 Å². The first-order chi connectivity index (χ1) is 7.65. The lowest BCUT2D eigenvalue weighted by atomic mass is 9.84. The molecule has 16 heavy (non-hydrogen) atoms. The molecule has 0 radical (unpaired) electrons. The van der Waals surface area contributed by atoms with Crippen molar-refractivity contribution in [1.82, 2.24) is 5.32 Å². The molecular formula is C11H20N2O3. The molecule has 3 N–H and O–H groups in total. The van der Waals surface area contributed by atoms with Crippen molar-refractivity contribution >= 4 is 11.9 Å². The maximum absolute atomic E-state index is 11.7. The number of hydrogen-bond donors (Lipinski definition) is 2. The van der Waals surface area contributed by atoms with Crippen LogP contribution in [0.2, 0.25) is 0 Å². The van der Waals surface area contributed by atoms with Crippen LogP contribution in [0.15, 0.2) is 0 Å². The summed E-state index contributed by atoms with van der Waals surface area (Å²) in [6, 6.07) is -0.0732. The standard InChI is InChI=1S/C11H20N2O3/c1-2-16-10(14)7-13-11(15)8-5-3-4-6-9(8)12/h8-9H,2-7,12H2,1H3,(H,13,15). The van der Waals surface area contributed by atoms with Crippen molar-refractivity contribution < 1.29 is 14.3 Å². The van der Waals surface area contributed by atoms with Gasteiger partial charge in [-0.15, -0.1) is 0 Å². The molecule has 2 unspecified atom stereocenters. The molecule has 0 aromatic heterocycles. The number of hydrogen-bond acceptors (Lipinski definition) is 4. The van der Waals surface area contributed by atoms with E-state index in [1.54, 1.807) is 6.92 Å². The van der Waals surface area contributed by atoms with Gasteiger partial charge in [0.25, 0.3) is 0 Å². The number of nitrogens with two attached hydrogens (primary N) is 1. The van der Waals surface area contributed by atoms with Crippen molar-refractivity contribution in [2.24, 2.45) is 11.7 Å². The van der Waals surface area contributed by atoms with Gasteiger partial charge in [-0.2, -0.15) is 0 Å². The number of carbonyl (C=O) groups excluding carboxylic acids is 2. The smallest absolute Gasteiger partial charge is 0.325 e. The number of esters is 1. The SMILES string of the molecule is CCOC(=O)CNC(=O)C1CCCCC1N. The fraction of sp³-hybridized carbons (Fsp3) is 0.818. The second-order valence-corrected chi connectivity index (χ2v) is 4.08. The third-order valence-electron chi connectivity index (χ3n) is 2.87. The van der Waals surface area contributed by atoms with Gasteiger partial charge in [0.15, 0.2) is 0 Å². The fourth-order valence-electron chi connectivity index (χ4n) is 1.99. The Morgan fingerprint density at radius 3 is 2.69 bits per heavy atom. The van der Waals surface area contributed by atoms with Gasteiger partial charge in [0.1, 0.15) is 6.54 Å². The summed E-state index contributed by atoms with van der Waals surface area (Å²) in [4.78, 5) is 22.8. The Kier molecular flexibility index (Phi) is 5.25. The van der Waals surface area contributed by atoms with Crippen LogP contribution in [-0.2, 0) is 14.3 Å². The zero-order chi connectivity index (χ0) is 12.0. The van der Waals surface area contributed by atoms with Gasteiger partial charge in [0, 0.05) is 6.04 Å². The summed E-state index contributed by atoms with van der Waals surface area (Å²) in [5.41, 5.74) is 5.87. The van der Waals surface area contributed by atoms with Crippen LogP contribution in [0.4, 0.5) is 0 Å². The van der Waals surface area contributed by atoms with Crippen molar-refractivity contribution in [3.63, 3.8) is 0 Å². The molecule has 92 valence electrons. The van der Waals surface area contributed by atoms with Crippen LogP contribution in [0.25, 0.3) is 0 Å². The molecule has 1 fully saturated rings. The summed E-state index contributed by atoms with van der Waals surface area (Å²) in [7, 11) is 0. The van der Waals surface area contributed by atoms with Crippen LogP contribution in [0.3, 0.4) is 0 Å². The van der Waals surface area contributed by atoms with E-state index in [2.05, 4.69) is 5.32 Å². The summed E-state index contributed by atoms with van der Waals surface area (Å²) >= 11 is 0. The third kappa shape index (κ3) is 3.81. The van der Waals surface area contributed by atoms with Crippen molar-refractivity contribution in [2.45, 2.75) is 38.6 Å². The maximum atomic E-state index is 11.7. The molecule has 0 heterocycles. The van der Waals surface area contributed by atoms with E-state index in [4.69, 9.17) is 10.5 Å². The normalized spacial score (nSPS) is 24.9. The van der Waals surface area contributed by atoms with E-state index in [0.29, 0.717) is 6.61 Å². The highest BCUT2D eigenvalue weighted by Crippen LogP contribution is 2.22. The van der Waals surface area contributed by atoms with E-state index in [1.165, 1.54) is 0 Å². The predicted octanol–water partition coefficient (Wildman–Crippen LogP) is 0.183. The molecule has 1 saturated carbocycles. The highest BCUT2D eigenvalue weighted by atomic mass is 16.5. The molecule has 1 amide bonds. The van der Waals surface area contributed by atoms with Gasteiger partial charge in [0.05, 0.1) is 12.5 Å². The fourth-order valence-corrected chi connectivity index (χ4v) is 1.99. The van der Waals surface area contributed by atoms with Gasteiger partial charge in [-0.3, -0.25) is 9.59 Å². The molecule has 5 heteroatoms. The molecule has 1 aliphatic rings. The molecule has 0 aromatic rings. The molecule has 0 aliphatic heterocycles. The number of carbonyl (C=O) groups is 2. The highest BCUT2D eigenvalue weighted by molar-refractivity contribution is 5.84. The number of amides is 1. The molecule has 5 nitrogen and oxygen atoms in total. The Balaban J connectivity index is 2.31. The van der Waals surface area contributed by atoms with Crippen LogP contribution < -0.4 is 11.1 Å².